The number of nitrogens with zero attached hydrogens (tertiary/aromatic N) is 3. The summed E-state index contributed by atoms with van der Waals surface area (Å²) in [5, 5.41) is 3.71. The summed E-state index contributed by atoms with van der Waals surface area (Å²) in [4.78, 5) is 7.24. The van der Waals surface area contributed by atoms with Crippen molar-refractivity contribution in [2.45, 2.75) is 12.7 Å². The van der Waals surface area contributed by atoms with E-state index in [4.69, 9.17) is 11.6 Å². The van der Waals surface area contributed by atoms with Gasteiger partial charge in [-0.15, -0.1) is 0 Å². The van der Waals surface area contributed by atoms with Crippen molar-refractivity contribution < 1.29 is 13.2 Å². The fourth-order valence-corrected chi connectivity index (χ4v) is 2.33. The molecule has 0 aliphatic rings. The Labute approximate surface area is 139 Å². The Kier molecular flexibility index (Phi) is 7.64. The molecule has 130 valence electrons. The third kappa shape index (κ3) is 8.08. The van der Waals surface area contributed by atoms with E-state index in [1.807, 2.05) is 30.1 Å². The highest BCUT2D eigenvalue weighted by Crippen LogP contribution is 2.15. The largest absolute Gasteiger partial charge is 0.401 e. The normalized spacial score (nSPS) is 12.6. The van der Waals surface area contributed by atoms with Gasteiger partial charge in [0.15, 0.2) is 5.96 Å². The first-order valence-electron chi connectivity index (χ1n) is 7.13. The number of likely N-dealkylation sites (N-methyl/N-ethyl adjacent to an activating group) is 1. The maximum Gasteiger partial charge on any atom is 0.401 e. The molecule has 0 aliphatic carbocycles. The summed E-state index contributed by atoms with van der Waals surface area (Å²) in [5.41, 5.74) is 1.03. The molecule has 4 nitrogen and oxygen atoms in total. The van der Waals surface area contributed by atoms with Gasteiger partial charge in [0.05, 0.1) is 6.54 Å². The van der Waals surface area contributed by atoms with E-state index in [1.165, 1.54) is 11.9 Å². The average Bonchev–Trinajstić information content (AvgIpc) is 2.41. The van der Waals surface area contributed by atoms with Crippen molar-refractivity contribution in [2.75, 3.05) is 40.8 Å². The van der Waals surface area contributed by atoms with Gasteiger partial charge in [-0.05, 0) is 24.7 Å². The molecule has 0 saturated heterocycles. The molecule has 0 spiro atoms. The quantitative estimate of drug-likeness (QED) is 0.632. The minimum atomic E-state index is -4.18. The Morgan fingerprint density at radius 3 is 2.57 bits per heavy atom. The Morgan fingerprint density at radius 1 is 1.30 bits per heavy atom. The molecule has 0 radical (unpaired) electrons. The van der Waals surface area contributed by atoms with Crippen molar-refractivity contribution in [3.63, 3.8) is 0 Å². The van der Waals surface area contributed by atoms with E-state index in [0.29, 0.717) is 24.1 Å². The molecule has 0 atom stereocenters. The number of alkyl halides is 3. The number of hydrogen-bond acceptors (Lipinski definition) is 2. The lowest BCUT2D eigenvalue weighted by Gasteiger charge is -2.24. The molecule has 0 bridgehead atoms. The minimum Gasteiger partial charge on any atom is -0.355 e. The van der Waals surface area contributed by atoms with E-state index in [1.54, 1.807) is 13.1 Å². The number of rotatable bonds is 6. The van der Waals surface area contributed by atoms with Crippen LogP contribution in [0.3, 0.4) is 0 Å². The van der Waals surface area contributed by atoms with E-state index in [9.17, 15) is 13.2 Å². The summed E-state index contributed by atoms with van der Waals surface area (Å²) in [7, 11) is 4.93. The van der Waals surface area contributed by atoms with Crippen molar-refractivity contribution in [2.24, 2.45) is 4.99 Å². The second kappa shape index (κ2) is 8.98. The third-order valence-corrected chi connectivity index (χ3v) is 3.34. The number of aliphatic imine (C=N–C) groups is 1. The van der Waals surface area contributed by atoms with Gasteiger partial charge in [0, 0.05) is 38.8 Å². The SMILES string of the molecule is CN=C(NCCN(C)CC(F)(F)F)N(C)Cc1cccc(Cl)c1. The fraction of sp³-hybridized carbons (Fsp3) is 0.533. The average molecular weight is 351 g/mol. The van der Waals surface area contributed by atoms with E-state index < -0.39 is 12.7 Å². The first-order valence-corrected chi connectivity index (χ1v) is 7.50. The molecule has 0 saturated carbocycles. The molecule has 0 aliphatic heterocycles. The van der Waals surface area contributed by atoms with Crippen molar-refractivity contribution >= 4 is 17.6 Å². The smallest absolute Gasteiger partial charge is 0.355 e. The van der Waals surface area contributed by atoms with Gasteiger partial charge in [-0.3, -0.25) is 9.89 Å². The Morgan fingerprint density at radius 2 is 2.00 bits per heavy atom. The predicted molar refractivity (Wildman–Crippen MR) is 87.8 cm³/mol. The zero-order valence-electron chi connectivity index (χ0n) is 13.5. The van der Waals surface area contributed by atoms with Crippen LogP contribution in [-0.4, -0.2) is 62.7 Å². The standard InChI is InChI=1S/C15H22ClF3N4/c1-20-14(21-7-8-22(2)11-15(17,18)19)23(3)10-12-5-4-6-13(16)9-12/h4-6,9H,7-8,10-11H2,1-3H3,(H,20,21). The zero-order chi connectivity index (χ0) is 17.5. The molecule has 1 N–H and O–H groups in total. The van der Waals surface area contributed by atoms with Crippen LogP contribution >= 0.6 is 11.6 Å². The predicted octanol–water partition coefficient (Wildman–Crippen LogP) is 2.84. The molecule has 0 unspecified atom stereocenters. The number of nitrogens with one attached hydrogen (secondary N) is 1. The van der Waals surface area contributed by atoms with Gasteiger partial charge in [0.25, 0.3) is 0 Å². The van der Waals surface area contributed by atoms with Gasteiger partial charge in [0.1, 0.15) is 0 Å². The van der Waals surface area contributed by atoms with E-state index >= 15 is 0 Å². The molecular weight excluding hydrogens is 329 g/mol. The summed E-state index contributed by atoms with van der Waals surface area (Å²) < 4.78 is 36.8. The maximum absolute atomic E-state index is 12.3. The summed E-state index contributed by atoms with van der Waals surface area (Å²) >= 11 is 5.95. The lowest BCUT2D eigenvalue weighted by Crippen LogP contribution is -2.43. The highest BCUT2D eigenvalue weighted by molar-refractivity contribution is 6.30. The van der Waals surface area contributed by atoms with Crippen molar-refractivity contribution in [1.29, 1.82) is 0 Å². The lowest BCUT2D eigenvalue weighted by molar-refractivity contribution is -0.142. The van der Waals surface area contributed by atoms with Crippen LogP contribution in [0.5, 0.6) is 0 Å². The van der Waals surface area contributed by atoms with Gasteiger partial charge < -0.3 is 10.2 Å². The second-order valence-electron chi connectivity index (χ2n) is 5.31. The molecule has 1 rings (SSSR count). The third-order valence-electron chi connectivity index (χ3n) is 3.11. The second-order valence-corrected chi connectivity index (χ2v) is 5.75. The molecule has 23 heavy (non-hydrogen) atoms. The van der Waals surface area contributed by atoms with Crippen molar-refractivity contribution in [1.82, 2.24) is 15.1 Å². The summed E-state index contributed by atoms with van der Waals surface area (Å²) in [5.74, 6) is 0.616. The first kappa shape index (κ1) is 19.6. The minimum absolute atomic E-state index is 0.267. The summed E-state index contributed by atoms with van der Waals surface area (Å²) in [6.07, 6.45) is -4.18. The van der Waals surface area contributed by atoms with Crippen LogP contribution in [0.25, 0.3) is 0 Å². The van der Waals surface area contributed by atoms with E-state index in [2.05, 4.69) is 10.3 Å². The van der Waals surface area contributed by atoms with Crippen LogP contribution in [0, 0.1) is 0 Å². The number of guanidine groups is 1. The first-order chi connectivity index (χ1) is 10.7. The molecule has 1 aromatic carbocycles. The molecule has 0 heterocycles. The van der Waals surface area contributed by atoms with Crippen LogP contribution in [0.15, 0.2) is 29.3 Å². The number of benzene rings is 1. The van der Waals surface area contributed by atoms with Gasteiger partial charge in [-0.1, -0.05) is 23.7 Å². The van der Waals surface area contributed by atoms with Crippen LogP contribution in [-0.2, 0) is 6.54 Å². The molecular formula is C15H22ClF3N4. The lowest BCUT2D eigenvalue weighted by atomic mass is 10.2. The molecule has 0 amide bonds. The summed E-state index contributed by atoms with van der Waals surface area (Å²) in [6.45, 7) is 0.312. The molecule has 0 aromatic heterocycles. The Hall–Kier alpha value is -1.47. The van der Waals surface area contributed by atoms with E-state index in [-0.39, 0.29) is 6.54 Å². The molecule has 8 heteroatoms. The Balaban J connectivity index is 2.44. The van der Waals surface area contributed by atoms with Gasteiger partial charge in [0.2, 0.25) is 0 Å². The topological polar surface area (TPSA) is 30.9 Å². The molecule has 0 fully saturated rings. The summed E-state index contributed by atoms with van der Waals surface area (Å²) in [6, 6.07) is 7.48. The van der Waals surface area contributed by atoms with Crippen molar-refractivity contribution in [3.8, 4) is 0 Å². The van der Waals surface area contributed by atoms with Crippen LogP contribution in [0.1, 0.15) is 5.56 Å². The Bertz CT molecular complexity index is 520. The van der Waals surface area contributed by atoms with Gasteiger partial charge in [-0.2, -0.15) is 13.2 Å². The zero-order valence-corrected chi connectivity index (χ0v) is 14.2. The number of hydrogen-bond donors (Lipinski definition) is 1. The van der Waals surface area contributed by atoms with Gasteiger partial charge >= 0.3 is 6.18 Å². The van der Waals surface area contributed by atoms with Crippen LogP contribution < -0.4 is 5.32 Å². The molecule has 1 aromatic rings. The van der Waals surface area contributed by atoms with Crippen LogP contribution in [0.4, 0.5) is 13.2 Å². The van der Waals surface area contributed by atoms with Gasteiger partial charge in [-0.25, -0.2) is 0 Å². The monoisotopic (exact) mass is 350 g/mol. The maximum atomic E-state index is 12.3. The van der Waals surface area contributed by atoms with E-state index in [0.717, 1.165) is 5.56 Å². The highest BCUT2D eigenvalue weighted by Gasteiger charge is 2.28. The van der Waals surface area contributed by atoms with Crippen molar-refractivity contribution in [3.05, 3.63) is 34.9 Å². The highest BCUT2D eigenvalue weighted by atomic mass is 35.5. The number of halogens is 4. The van der Waals surface area contributed by atoms with Crippen LogP contribution in [0.2, 0.25) is 5.02 Å². The fourth-order valence-electron chi connectivity index (χ4n) is 2.11.